The van der Waals surface area contributed by atoms with Gasteiger partial charge in [0.1, 0.15) is 0 Å². The number of aromatic nitrogens is 1. The molecule has 2 aromatic carbocycles. The van der Waals surface area contributed by atoms with Crippen LogP contribution >= 0.6 is 0 Å². The summed E-state index contributed by atoms with van der Waals surface area (Å²) >= 11 is 0. The molecule has 0 atom stereocenters. The molecule has 4 nitrogen and oxygen atoms in total. The molecule has 0 fully saturated rings. The van der Waals surface area contributed by atoms with Crippen molar-refractivity contribution in [2.75, 3.05) is 5.32 Å². The first-order valence-electron chi connectivity index (χ1n) is 9.30. The van der Waals surface area contributed by atoms with E-state index in [0.29, 0.717) is 5.56 Å². The summed E-state index contributed by atoms with van der Waals surface area (Å²) in [6.07, 6.45) is 4.33. The monoisotopic (exact) mass is 365 g/mol. The Labute approximate surface area is 164 Å². The lowest BCUT2D eigenvalue weighted by atomic mass is 10.00. The van der Waals surface area contributed by atoms with E-state index in [0.717, 1.165) is 52.9 Å². The van der Waals surface area contributed by atoms with Crippen molar-refractivity contribution in [3.8, 4) is 17.3 Å². The summed E-state index contributed by atoms with van der Waals surface area (Å²) in [4.78, 5) is 17.2. The molecular weight excluding hydrogens is 346 g/mol. The predicted molar refractivity (Wildman–Crippen MR) is 110 cm³/mol. The minimum absolute atomic E-state index is 0.0690. The molecule has 136 valence electrons. The maximum absolute atomic E-state index is 12.9. The number of nitrogens with zero attached hydrogens (tertiary/aromatic N) is 2. The van der Waals surface area contributed by atoms with Gasteiger partial charge in [0.2, 0.25) is 0 Å². The van der Waals surface area contributed by atoms with Crippen LogP contribution in [0.5, 0.6) is 0 Å². The van der Waals surface area contributed by atoms with E-state index < -0.39 is 0 Å². The predicted octanol–water partition coefficient (Wildman–Crippen LogP) is 5.20. The van der Waals surface area contributed by atoms with Crippen molar-refractivity contribution in [3.63, 3.8) is 0 Å². The SMILES string of the molecule is N#Cc1cccc(C2=C(C(=O)Nc3ccc(-c4ccccn4)cc3)CCC2)c1. The van der Waals surface area contributed by atoms with E-state index in [1.54, 1.807) is 12.3 Å². The van der Waals surface area contributed by atoms with E-state index in [-0.39, 0.29) is 5.91 Å². The van der Waals surface area contributed by atoms with Crippen LogP contribution in [0.15, 0.2) is 78.5 Å². The molecule has 0 saturated carbocycles. The first-order chi connectivity index (χ1) is 13.7. The third-order valence-electron chi connectivity index (χ3n) is 4.94. The van der Waals surface area contributed by atoms with Crippen molar-refractivity contribution in [3.05, 3.63) is 89.6 Å². The molecule has 0 saturated heterocycles. The Morgan fingerprint density at radius 1 is 0.964 bits per heavy atom. The molecule has 0 unspecified atom stereocenters. The van der Waals surface area contributed by atoms with Crippen LogP contribution < -0.4 is 5.32 Å². The highest BCUT2D eigenvalue weighted by molar-refractivity contribution is 6.09. The summed E-state index contributed by atoms with van der Waals surface area (Å²) in [5, 5.41) is 12.1. The highest BCUT2D eigenvalue weighted by Crippen LogP contribution is 2.35. The molecule has 0 aliphatic heterocycles. The van der Waals surface area contributed by atoms with E-state index in [4.69, 9.17) is 5.26 Å². The molecule has 0 bridgehead atoms. The molecule has 28 heavy (non-hydrogen) atoms. The summed E-state index contributed by atoms with van der Waals surface area (Å²) in [5.41, 5.74) is 6.10. The van der Waals surface area contributed by atoms with Gasteiger partial charge < -0.3 is 5.32 Å². The van der Waals surface area contributed by atoms with Gasteiger partial charge in [-0.3, -0.25) is 9.78 Å². The summed E-state index contributed by atoms with van der Waals surface area (Å²) in [6.45, 7) is 0. The van der Waals surface area contributed by atoms with Gasteiger partial charge in [-0.15, -0.1) is 0 Å². The summed E-state index contributed by atoms with van der Waals surface area (Å²) in [5.74, 6) is -0.0690. The van der Waals surface area contributed by atoms with Gasteiger partial charge in [0, 0.05) is 23.0 Å². The number of hydrogen-bond acceptors (Lipinski definition) is 3. The van der Waals surface area contributed by atoms with Gasteiger partial charge in [0.05, 0.1) is 17.3 Å². The summed E-state index contributed by atoms with van der Waals surface area (Å²) < 4.78 is 0. The largest absolute Gasteiger partial charge is 0.322 e. The Hall–Kier alpha value is -3.71. The van der Waals surface area contributed by atoms with Crippen LogP contribution in [-0.4, -0.2) is 10.9 Å². The van der Waals surface area contributed by atoms with Crippen molar-refractivity contribution in [1.82, 2.24) is 4.98 Å². The molecule has 1 aliphatic rings. The Morgan fingerprint density at radius 2 is 1.82 bits per heavy atom. The minimum atomic E-state index is -0.0690. The molecule has 0 radical (unpaired) electrons. The van der Waals surface area contributed by atoms with Gasteiger partial charge >= 0.3 is 0 Å². The zero-order valence-corrected chi connectivity index (χ0v) is 15.4. The molecule has 4 heteroatoms. The lowest BCUT2D eigenvalue weighted by molar-refractivity contribution is -0.112. The number of carbonyl (C=O) groups is 1. The van der Waals surface area contributed by atoms with Crippen molar-refractivity contribution in [2.45, 2.75) is 19.3 Å². The molecule has 1 aromatic heterocycles. The van der Waals surface area contributed by atoms with Crippen molar-refractivity contribution < 1.29 is 4.79 Å². The lowest BCUT2D eigenvalue weighted by Crippen LogP contribution is -2.14. The Balaban J connectivity index is 1.55. The van der Waals surface area contributed by atoms with Crippen LogP contribution in [-0.2, 0) is 4.79 Å². The van der Waals surface area contributed by atoms with Crippen molar-refractivity contribution in [1.29, 1.82) is 5.26 Å². The number of anilines is 1. The highest BCUT2D eigenvalue weighted by atomic mass is 16.1. The van der Waals surface area contributed by atoms with E-state index in [1.165, 1.54) is 0 Å². The van der Waals surface area contributed by atoms with Gasteiger partial charge in [0.25, 0.3) is 5.91 Å². The van der Waals surface area contributed by atoms with E-state index in [1.807, 2.05) is 60.7 Å². The molecule has 1 N–H and O–H groups in total. The number of rotatable bonds is 4. The average Bonchev–Trinajstić information content (AvgIpc) is 3.25. The van der Waals surface area contributed by atoms with Crippen LogP contribution in [0.25, 0.3) is 16.8 Å². The van der Waals surface area contributed by atoms with Gasteiger partial charge in [-0.05, 0) is 66.8 Å². The zero-order valence-electron chi connectivity index (χ0n) is 15.4. The first-order valence-corrected chi connectivity index (χ1v) is 9.30. The number of hydrogen-bond donors (Lipinski definition) is 1. The molecule has 1 heterocycles. The standard InChI is InChI=1S/C24H19N3O/c25-16-17-5-3-6-19(15-17)21-7-4-8-22(21)24(28)27-20-12-10-18(11-13-20)23-9-1-2-14-26-23/h1-3,5-6,9-15H,4,7-8H2,(H,27,28). The quantitative estimate of drug-likeness (QED) is 0.691. The van der Waals surface area contributed by atoms with Crippen LogP contribution in [0.2, 0.25) is 0 Å². The second-order valence-corrected chi connectivity index (χ2v) is 6.75. The van der Waals surface area contributed by atoms with Crippen molar-refractivity contribution in [2.24, 2.45) is 0 Å². The molecule has 0 spiro atoms. The smallest absolute Gasteiger partial charge is 0.251 e. The van der Waals surface area contributed by atoms with Crippen LogP contribution in [0.1, 0.15) is 30.4 Å². The number of benzene rings is 2. The minimum Gasteiger partial charge on any atom is -0.322 e. The number of nitriles is 1. The number of nitrogens with one attached hydrogen (secondary N) is 1. The highest BCUT2D eigenvalue weighted by Gasteiger charge is 2.22. The van der Waals surface area contributed by atoms with Crippen LogP contribution in [0, 0.1) is 11.3 Å². The third-order valence-corrected chi connectivity index (χ3v) is 4.94. The summed E-state index contributed by atoms with van der Waals surface area (Å²) in [7, 11) is 0. The molecule has 1 amide bonds. The van der Waals surface area contributed by atoms with E-state index in [9.17, 15) is 4.79 Å². The van der Waals surface area contributed by atoms with E-state index >= 15 is 0 Å². The van der Waals surface area contributed by atoms with Gasteiger partial charge in [-0.2, -0.15) is 5.26 Å². The van der Waals surface area contributed by atoms with Crippen LogP contribution in [0.3, 0.4) is 0 Å². The summed E-state index contributed by atoms with van der Waals surface area (Å²) in [6, 6.07) is 23.1. The fourth-order valence-corrected chi connectivity index (χ4v) is 3.55. The van der Waals surface area contributed by atoms with Gasteiger partial charge in [-0.1, -0.05) is 30.3 Å². The fraction of sp³-hybridized carbons (Fsp3) is 0.125. The zero-order chi connectivity index (χ0) is 19.3. The van der Waals surface area contributed by atoms with Gasteiger partial charge in [-0.25, -0.2) is 0 Å². The molecule has 3 aromatic rings. The Kier molecular flexibility index (Phi) is 4.99. The average molecular weight is 365 g/mol. The molecule has 1 aliphatic carbocycles. The second-order valence-electron chi connectivity index (χ2n) is 6.75. The molecule has 4 rings (SSSR count). The number of allylic oxidation sites excluding steroid dienone is 1. The van der Waals surface area contributed by atoms with Gasteiger partial charge in [0.15, 0.2) is 0 Å². The second kappa shape index (κ2) is 7.89. The molecular formula is C24H19N3O. The van der Waals surface area contributed by atoms with Crippen LogP contribution in [0.4, 0.5) is 5.69 Å². The number of pyridine rings is 1. The first kappa shape index (κ1) is 17.7. The maximum atomic E-state index is 12.9. The normalized spacial score (nSPS) is 13.2. The van der Waals surface area contributed by atoms with Crippen molar-refractivity contribution >= 4 is 17.2 Å². The maximum Gasteiger partial charge on any atom is 0.251 e. The number of amides is 1. The number of carbonyl (C=O) groups excluding carboxylic acids is 1. The lowest BCUT2D eigenvalue weighted by Gasteiger charge is -2.10. The Bertz CT molecular complexity index is 1080. The fourth-order valence-electron chi connectivity index (χ4n) is 3.55. The third kappa shape index (κ3) is 3.70. The Morgan fingerprint density at radius 3 is 2.57 bits per heavy atom. The topological polar surface area (TPSA) is 65.8 Å². The van der Waals surface area contributed by atoms with E-state index in [2.05, 4.69) is 16.4 Å².